The van der Waals surface area contributed by atoms with Crippen LogP contribution in [0.5, 0.6) is 0 Å². The number of furan rings is 1. The molecule has 3 aromatic heterocycles. The van der Waals surface area contributed by atoms with Crippen LogP contribution < -0.4 is 0 Å². The smallest absolute Gasteiger partial charge is 0.175 e. The van der Waals surface area contributed by atoms with Gasteiger partial charge in [0.15, 0.2) is 10.9 Å². The number of aromatic nitrogens is 3. The molecule has 0 atom stereocenters. The Balaban J connectivity index is 1.52. The summed E-state index contributed by atoms with van der Waals surface area (Å²) in [6, 6.07) is 13.8. The van der Waals surface area contributed by atoms with Gasteiger partial charge in [-0.1, -0.05) is 23.9 Å². The number of carbonyl (C=O) groups is 1. The predicted octanol–water partition coefficient (Wildman–Crippen LogP) is 4.61. The van der Waals surface area contributed by atoms with Gasteiger partial charge in [-0.25, -0.2) is 4.98 Å². The van der Waals surface area contributed by atoms with Crippen LogP contribution in [-0.2, 0) is 13.6 Å². The standard InChI is InChI=1S/C21H21N3O2S/c1-14-11-17(15(2)24(14)12-16-7-6-10-26-16)20(25)13-27-21-22-18-8-4-5-9-19(18)23(21)3/h4-11H,12-13H2,1-3H3. The molecule has 0 amide bonds. The molecular weight excluding hydrogens is 358 g/mol. The fourth-order valence-corrected chi connectivity index (χ4v) is 4.22. The van der Waals surface area contributed by atoms with Gasteiger partial charge < -0.3 is 13.6 Å². The van der Waals surface area contributed by atoms with Gasteiger partial charge in [-0.2, -0.15) is 0 Å². The van der Waals surface area contributed by atoms with Crippen molar-refractivity contribution in [1.29, 1.82) is 0 Å². The highest BCUT2D eigenvalue weighted by Gasteiger charge is 2.18. The predicted molar refractivity (Wildman–Crippen MR) is 107 cm³/mol. The molecule has 3 heterocycles. The molecule has 0 saturated carbocycles. The summed E-state index contributed by atoms with van der Waals surface area (Å²) in [4.78, 5) is 17.5. The summed E-state index contributed by atoms with van der Waals surface area (Å²) in [5, 5.41) is 0.856. The summed E-state index contributed by atoms with van der Waals surface area (Å²) >= 11 is 1.48. The SMILES string of the molecule is Cc1cc(C(=O)CSc2nc3ccccc3n2C)c(C)n1Cc1ccco1. The van der Waals surface area contributed by atoms with Gasteiger partial charge in [0, 0.05) is 24.0 Å². The zero-order valence-electron chi connectivity index (χ0n) is 15.6. The van der Waals surface area contributed by atoms with E-state index in [1.807, 2.05) is 67.9 Å². The first-order chi connectivity index (χ1) is 13.0. The summed E-state index contributed by atoms with van der Waals surface area (Å²) in [5.41, 5.74) is 4.82. The van der Waals surface area contributed by atoms with Crippen LogP contribution in [0.1, 0.15) is 27.5 Å². The lowest BCUT2D eigenvalue weighted by molar-refractivity contribution is 0.102. The third kappa shape index (κ3) is 3.32. The number of fused-ring (bicyclic) bond motifs is 1. The number of Topliss-reactive ketones (excluding diaryl/α,β-unsaturated/α-hetero) is 1. The van der Waals surface area contributed by atoms with Gasteiger partial charge in [0.25, 0.3) is 0 Å². The second kappa shape index (κ2) is 7.12. The van der Waals surface area contributed by atoms with E-state index in [0.29, 0.717) is 12.3 Å². The molecule has 1 aromatic carbocycles. The van der Waals surface area contributed by atoms with Crippen molar-refractivity contribution in [3.63, 3.8) is 0 Å². The van der Waals surface area contributed by atoms with Crippen LogP contribution in [0.25, 0.3) is 11.0 Å². The van der Waals surface area contributed by atoms with Crippen molar-refractivity contribution in [1.82, 2.24) is 14.1 Å². The monoisotopic (exact) mass is 379 g/mol. The van der Waals surface area contributed by atoms with Gasteiger partial charge in [0.1, 0.15) is 5.76 Å². The lowest BCUT2D eigenvalue weighted by atomic mass is 10.2. The van der Waals surface area contributed by atoms with E-state index in [0.717, 1.165) is 38.9 Å². The normalized spacial score (nSPS) is 11.4. The Morgan fingerprint density at radius 3 is 2.74 bits per heavy atom. The average molecular weight is 379 g/mol. The molecule has 4 aromatic rings. The minimum Gasteiger partial charge on any atom is -0.467 e. The van der Waals surface area contributed by atoms with Crippen molar-refractivity contribution in [2.24, 2.45) is 7.05 Å². The molecular formula is C21H21N3O2S. The third-order valence-electron chi connectivity index (χ3n) is 4.85. The molecule has 27 heavy (non-hydrogen) atoms. The molecule has 0 aliphatic rings. The summed E-state index contributed by atoms with van der Waals surface area (Å²) in [7, 11) is 1.98. The Labute approximate surface area is 162 Å². The fraction of sp³-hybridized carbons (Fsp3) is 0.238. The maximum Gasteiger partial charge on any atom is 0.175 e. The quantitative estimate of drug-likeness (QED) is 0.363. The van der Waals surface area contributed by atoms with Crippen LogP contribution >= 0.6 is 11.8 Å². The van der Waals surface area contributed by atoms with E-state index in [4.69, 9.17) is 4.42 Å². The van der Waals surface area contributed by atoms with Gasteiger partial charge >= 0.3 is 0 Å². The highest BCUT2D eigenvalue weighted by molar-refractivity contribution is 7.99. The Bertz CT molecular complexity index is 1110. The van der Waals surface area contributed by atoms with Crippen LogP contribution in [0.15, 0.2) is 58.3 Å². The number of aryl methyl sites for hydroxylation is 2. The summed E-state index contributed by atoms with van der Waals surface area (Å²) in [5.74, 6) is 1.36. The lowest BCUT2D eigenvalue weighted by Gasteiger charge is -2.08. The summed E-state index contributed by atoms with van der Waals surface area (Å²) < 4.78 is 9.60. The maximum atomic E-state index is 12.8. The number of ketones is 1. The van der Waals surface area contributed by atoms with E-state index in [2.05, 4.69) is 9.55 Å². The van der Waals surface area contributed by atoms with E-state index in [1.54, 1.807) is 6.26 Å². The second-order valence-corrected chi connectivity index (χ2v) is 7.55. The number of benzene rings is 1. The van der Waals surface area contributed by atoms with E-state index in [9.17, 15) is 4.79 Å². The molecule has 0 bridgehead atoms. The zero-order chi connectivity index (χ0) is 19.0. The summed E-state index contributed by atoms with van der Waals surface area (Å²) in [6.07, 6.45) is 1.67. The molecule has 0 aliphatic carbocycles. The number of hydrogen-bond donors (Lipinski definition) is 0. The number of carbonyl (C=O) groups excluding carboxylic acids is 1. The van der Waals surface area contributed by atoms with Gasteiger partial charge in [-0.05, 0) is 44.2 Å². The van der Waals surface area contributed by atoms with Gasteiger partial charge in [0.2, 0.25) is 0 Å². The first kappa shape index (κ1) is 17.7. The zero-order valence-corrected chi connectivity index (χ0v) is 16.4. The number of rotatable bonds is 6. The van der Waals surface area contributed by atoms with Crippen LogP contribution in [0.3, 0.4) is 0 Å². The molecule has 138 valence electrons. The number of para-hydroxylation sites is 2. The van der Waals surface area contributed by atoms with Crippen molar-refractivity contribution in [2.75, 3.05) is 5.75 Å². The third-order valence-corrected chi connectivity index (χ3v) is 5.88. The van der Waals surface area contributed by atoms with E-state index < -0.39 is 0 Å². The highest BCUT2D eigenvalue weighted by atomic mass is 32.2. The van der Waals surface area contributed by atoms with E-state index in [-0.39, 0.29) is 5.78 Å². The molecule has 0 fully saturated rings. The number of imidazole rings is 1. The molecule has 4 rings (SSSR count). The first-order valence-corrected chi connectivity index (χ1v) is 9.79. The molecule has 0 saturated heterocycles. The Morgan fingerprint density at radius 1 is 1.19 bits per heavy atom. The molecule has 6 heteroatoms. The van der Waals surface area contributed by atoms with E-state index >= 15 is 0 Å². The van der Waals surface area contributed by atoms with Gasteiger partial charge in [-0.3, -0.25) is 4.79 Å². The van der Waals surface area contributed by atoms with Crippen molar-refractivity contribution >= 4 is 28.6 Å². The van der Waals surface area contributed by atoms with Crippen molar-refractivity contribution < 1.29 is 9.21 Å². The van der Waals surface area contributed by atoms with E-state index in [1.165, 1.54) is 11.8 Å². The number of nitrogens with zero attached hydrogens (tertiary/aromatic N) is 3. The summed E-state index contributed by atoms with van der Waals surface area (Å²) in [6.45, 7) is 4.64. The van der Waals surface area contributed by atoms with Gasteiger partial charge in [0.05, 0.1) is 29.6 Å². The fourth-order valence-electron chi connectivity index (χ4n) is 3.35. The largest absolute Gasteiger partial charge is 0.467 e. The topological polar surface area (TPSA) is 53.0 Å². The highest BCUT2D eigenvalue weighted by Crippen LogP contribution is 2.25. The first-order valence-electron chi connectivity index (χ1n) is 8.81. The van der Waals surface area contributed by atoms with Crippen LogP contribution in [0, 0.1) is 13.8 Å². The second-order valence-electron chi connectivity index (χ2n) is 6.60. The van der Waals surface area contributed by atoms with Crippen LogP contribution in [0.2, 0.25) is 0 Å². The minimum absolute atomic E-state index is 0.117. The molecule has 0 radical (unpaired) electrons. The molecule has 0 unspecified atom stereocenters. The molecule has 0 spiro atoms. The molecule has 0 aliphatic heterocycles. The van der Waals surface area contributed by atoms with Crippen molar-refractivity contribution in [2.45, 2.75) is 25.5 Å². The maximum absolute atomic E-state index is 12.8. The van der Waals surface area contributed by atoms with Crippen molar-refractivity contribution in [3.05, 3.63) is 71.4 Å². The van der Waals surface area contributed by atoms with Crippen molar-refractivity contribution in [3.8, 4) is 0 Å². The lowest BCUT2D eigenvalue weighted by Crippen LogP contribution is -2.07. The number of hydrogen-bond acceptors (Lipinski definition) is 4. The molecule has 0 N–H and O–H groups in total. The van der Waals surface area contributed by atoms with Crippen LogP contribution in [-0.4, -0.2) is 25.7 Å². The average Bonchev–Trinajstić information content (AvgIpc) is 3.36. The van der Waals surface area contributed by atoms with Crippen LogP contribution in [0.4, 0.5) is 0 Å². The molecule has 5 nitrogen and oxygen atoms in total. The Morgan fingerprint density at radius 2 is 2.00 bits per heavy atom. The Kier molecular flexibility index (Phi) is 4.66. The number of thioether (sulfide) groups is 1. The minimum atomic E-state index is 0.117. The van der Waals surface area contributed by atoms with Gasteiger partial charge in [-0.15, -0.1) is 0 Å². The Hall–Kier alpha value is -2.73.